The highest BCUT2D eigenvalue weighted by Gasteiger charge is 2.24. The lowest BCUT2D eigenvalue weighted by molar-refractivity contribution is 0.0577. The third-order valence-electron chi connectivity index (χ3n) is 6.74. The third kappa shape index (κ3) is 7.69. The molecule has 0 aliphatic heterocycles. The molecule has 0 aliphatic carbocycles. The molecule has 1 heterocycles. The Kier molecular flexibility index (Phi) is 9.38. The topological polar surface area (TPSA) is 54.8 Å². The van der Waals surface area contributed by atoms with Crippen LogP contribution < -0.4 is 4.90 Å². The van der Waals surface area contributed by atoms with Crippen molar-refractivity contribution < 1.29 is 9.53 Å². The number of hydrogen-bond donors (Lipinski definition) is 0. The molecule has 1 aromatic heterocycles. The van der Waals surface area contributed by atoms with Crippen molar-refractivity contribution in [1.29, 1.82) is 0 Å². The molecular weight excluding hydrogens is 506 g/mol. The Bertz CT molecular complexity index is 1470. The van der Waals surface area contributed by atoms with Crippen LogP contribution >= 0.6 is 0 Å². The summed E-state index contributed by atoms with van der Waals surface area (Å²) in [7, 11) is 0. The van der Waals surface area contributed by atoms with E-state index in [1.165, 1.54) is 11.1 Å². The summed E-state index contributed by atoms with van der Waals surface area (Å²) in [5.41, 5.74) is 7.18. The predicted molar refractivity (Wildman–Crippen MR) is 170 cm³/mol. The first-order valence-corrected chi connectivity index (χ1v) is 14.3. The zero-order valence-electron chi connectivity index (χ0n) is 25.3. The maximum Gasteiger partial charge on any atom is 0.415 e. The van der Waals surface area contributed by atoms with Gasteiger partial charge in [-0.15, -0.1) is 0 Å². The van der Waals surface area contributed by atoms with E-state index >= 15 is 0 Å². The number of amides is 1. The number of nitrogens with zero attached hydrogens (tertiary/aromatic N) is 3. The number of anilines is 1. The van der Waals surface area contributed by atoms with E-state index in [4.69, 9.17) is 14.7 Å². The zero-order chi connectivity index (χ0) is 29.6. The molecule has 0 saturated carbocycles. The van der Waals surface area contributed by atoms with Gasteiger partial charge in [-0.2, -0.15) is 0 Å². The summed E-state index contributed by atoms with van der Waals surface area (Å²) in [5.74, 6) is 0.731. The normalized spacial score (nSPS) is 11.8. The molecule has 0 fully saturated rings. The van der Waals surface area contributed by atoms with Gasteiger partial charge in [0.1, 0.15) is 5.60 Å². The van der Waals surface area contributed by atoms with E-state index in [-0.39, 0.29) is 0 Å². The van der Waals surface area contributed by atoms with Crippen LogP contribution in [0.25, 0.3) is 11.3 Å². The van der Waals surface area contributed by atoms with Crippen LogP contribution in [0.1, 0.15) is 82.7 Å². The SMILES string of the molecule is CC(C)c1cccc(C(C)C)c1N=Cc1cccc(-c2ccccc2CN(C(=O)OC(C)(C)C)c2ccccc2)n1. The van der Waals surface area contributed by atoms with Gasteiger partial charge in [0.25, 0.3) is 0 Å². The van der Waals surface area contributed by atoms with Crippen LogP contribution in [0.2, 0.25) is 0 Å². The van der Waals surface area contributed by atoms with Crippen molar-refractivity contribution in [3.05, 3.63) is 113 Å². The van der Waals surface area contributed by atoms with Crippen molar-refractivity contribution in [2.45, 2.75) is 72.4 Å². The van der Waals surface area contributed by atoms with Crippen LogP contribution in [0.15, 0.2) is 96.0 Å². The lowest BCUT2D eigenvalue weighted by Crippen LogP contribution is -2.36. The summed E-state index contributed by atoms with van der Waals surface area (Å²) in [6, 6.07) is 30.1. The standard InChI is InChI=1S/C36H41N3O2/c1-25(2)30-20-14-21-31(26(3)4)34(30)37-23-28-16-13-22-33(38-28)32-19-12-11-15-27(32)24-39(29-17-9-8-10-18-29)35(40)41-36(5,6)7/h8-23,25-26H,24H2,1-7H3. The Morgan fingerprint density at radius 3 is 2.07 bits per heavy atom. The molecule has 0 atom stereocenters. The number of benzene rings is 3. The Morgan fingerprint density at radius 1 is 0.829 bits per heavy atom. The van der Waals surface area contributed by atoms with Crippen LogP contribution in [0.3, 0.4) is 0 Å². The van der Waals surface area contributed by atoms with Crippen LogP contribution in [0, 0.1) is 0 Å². The largest absolute Gasteiger partial charge is 0.443 e. The molecule has 5 nitrogen and oxygen atoms in total. The molecule has 0 radical (unpaired) electrons. The molecule has 41 heavy (non-hydrogen) atoms. The van der Waals surface area contributed by atoms with Gasteiger partial charge in [-0.3, -0.25) is 9.89 Å². The summed E-state index contributed by atoms with van der Waals surface area (Å²) < 4.78 is 5.77. The van der Waals surface area contributed by atoms with Crippen LogP contribution in [0.4, 0.5) is 16.2 Å². The van der Waals surface area contributed by atoms with Gasteiger partial charge >= 0.3 is 6.09 Å². The number of rotatable bonds is 8. The lowest BCUT2D eigenvalue weighted by atomic mass is 9.93. The number of pyridine rings is 1. The smallest absolute Gasteiger partial charge is 0.415 e. The van der Waals surface area contributed by atoms with Gasteiger partial charge in [-0.1, -0.05) is 94.4 Å². The number of carbonyl (C=O) groups is 1. The Hall–Kier alpha value is -4.25. The predicted octanol–water partition coefficient (Wildman–Crippen LogP) is 9.69. The van der Waals surface area contributed by atoms with Crippen molar-refractivity contribution in [3.63, 3.8) is 0 Å². The summed E-state index contributed by atoms with van der Waals surface area (Å²) in [4.78, 5) is 24.9. The summed E-state index contributed by atoms with van der Waals surface area (Å²) in [6.07, 6.45) is 1.47. The zero-order valence-corrected chi connectivity index (χ0v) is 25.3. The highest BCUT2D eigenvalue weighted by atomic mass is 16.6. The molecule has 0 spiro atoms. The monoisotopic (exact) mass is 547 g/mol. The maximum absolute atomic E-state index is 13.3. The van der Waals surface area contributed by atoms with E-state index in [1.807, 2.05) is 99.8 Å². The first kappa shape index (κ1) is 29.7. The fourth-order valence-corrected chi connectivity index (χ4v) is 4.73. The van der Waals surface area contributed by atoms with Gasteiger partial charge in [-0.05, 0) is 73.6 Å². The second-order valence-corrected chi connectivity index (χ2v) is 11.9. The van der Waals surface area contributed by atoms with Crippen molar-refractivity contribution in [2.75, 3.05) is 4.90 Å². The van der Waals surface area contributed by atoms with Crippen molar-refractivity contribution in [2.24, 2.45) is 4.99 Å². The fraction of sp³-hybridized carbons (Fsp3) is 0.306. The average molecular weight is 548 g/mol. The van der Waals surface area contributed by atoms with Crippen LogP contribution in [0.5, 0.6) is 0 Å². The lowest BCUT2D eigenvalue weighted by Gasteiger charge is -2.28. The highest BCUT2D eigenvalue weighted by molar-refractivity contribution is 5.88. The molecule has 3 aromatic carbocycles. The summed E-state index contributed by atoms with van der Waals surface area (Å²) in [6.45, 7) is 14.8. The van der Waals surface area contributed by atoms with Crippen molar-refractivity contribution >= 4 is 23.7 Å². The van der Waals surface area contributed by atoms with E-state index in [1.54, 1.807) is 4.90 Å². The molecule has 212 valence electrons. The quantitative estimate of drug-likeness (QED) is 0.206. The van der Waals surface area contributed by atoms with Gasteiger partial charge in [0.05, 0.1) is 29.8 Å². The van der Waals surface area contributed by atoms with Gasteiger partial charge in [0.2, 0.25) is 0 Å². The number of carbonyl (C=O) groups excluding carboxylic acids is 1. The fourth-order valence-electron chi connectivity index (χ4n) is 4.73. The minimum absolute atomic E-state index is 0.342. The Balaban J connectivity index is 1.69. The van der Waals surface area contributed by atoms with Gasteiger partial charge in [0, 0.05) is 11.3 Å². The molecule has 1 amide bonds. The number of hydrogen-bond acceptors (Lipinski definition) is 4. The molecule has 0 saturated heterocycles. The number of aromatic nitrogens is 1. The van der Waals surface area contributed by atoms with E-state index in [9.17, 15) is 4.79 Å². The Labute approximate surface area is 244 Å². The van der Waals surface area contributed by atoms with E-state index in [2.05, 4.69) is 45.9 Å². The van der Waals surface area contributed by atoms with E-state index in [0.717, 1.165) is 33.9 Å². The molecule has 4 rings (SSSR count). The van der Waals surface area contributed by atoms with Crippen molar-refractivity contribution in [1.82, 2.24) is 4.98 Å². The number of para-hydroxylation sites is 2. The summed E-state index contributed by atoms with van der Waals surface area (Å²) >= 11 is 0. The van der Waals surface area contributed by atoms with Gasteiger partial charge in [-0.25, -0.2) is 9.78 Å². The molecule has 5 heteroatoms. The highest BCUT2D eigenvalue weighted by Crippen LogP contribution is 2.35. The first-order valence-electron chi connectivity index (χ1n) is 14.3. The van der Waals surface area contributed by atoms with Gasteiger partial charge < -0.3 is 4.74 Å². The van der Waals surface area contributed by atoms with Gasteiger partial charge in [0.15, 0.2) is 0 Å². The summed E-state index contributed by atoms with van der Waals surface area (Å²) in [5, 5.41) is 0. The molecule has 0 N–H and O–H groups in total. The maximum atomic E-state index is 13.3. The molecule has 4 aromatic rings. The van der Waals surface area contributed by atoms with E-state index < -0.39 is 11.7 Å². The minimum Gasteiger partial charge on any atom is -0.443 e. The molecule has 0 aliphatic rings. The average Bonchev–Trinajstić information content (AvgIpc) is 2.94. The molecular formula is C36H41N3O2. The first-order chi connectivity index (χ1) is 19.5. The third-order valence-corrected chi connectivity index (χ3v) is 6.74. The Morgan fingerprint density at radius 2 is 1.44 bits per heavy atom. The van der Waals surface area contributed by atoms with Crippen LogP contribution in [-0.2, 0) is 11.3 Å². The van der Waals surface area contributed by atoms with Crippen molar-refractivity contribution in [3.8, 4) is 11.3 Å². The van der Waals surface area contributed by atoms with E-state index in [0.29, 0.717) is 18.4 Å². The second kappa shape index (κ2) is 12.9. The number of ether oxygens (including phenoxy) is 1. The number of aliphatic imine (C=N–C) groups is 1. The second-order valence-electron chi connectivity index (χ2n) is 11.9. The molecule has 0 unspecified atom stereocenters. The molecule has 0 bridgehead atoms. The minimum atomic E-state index is -0.609. The van der Waals surface area contributed by atoms with Crippen LogP contribution in [-0.4, -0.2) is 22.9 Å².